The summed E-state index contributed by atoms with van der Waals surface area (Å²) in [7, 11) is 0. The first-order chi connectivity index (χ1) is 13.6. The molecule has 0 bridgehead atoms. The number of hydrogen-bond acceptors (Lipinski definition) is 5. The van der Waals surface area contributed by atoms with Crippen molar-refractivity contribution in [2.45, 2.75) is 38.6 Å². The molecule has 0 spiro atoms. The minimum absolute atomic E-state index is 0.0298. The lowest BCUT2D eigenvalue weighted by Crippen LogP contribution is -2.51. The fourth-order valence-corrected chi connectivity index (χ4v) is 4.31. The van der Waals surface area contributed by atoms with E-state index in [1.54, 1.807) is 16.8 Å². The largest absolute Gasteiger partial charge is 0.370 e. The van der Waals surface area contributed by atoms with E-state index in [0.717, 1.165) is 28.6 Å². The highest BCUT2D eigenvalue weighted by molar-refractivity contribution is 5.84. The molecular weight excluding hydrogens is 358 g/mol. The van der Waals surface area contributed by atoms with Crippen molar-refractivity contribution >= 4 is 16.8 Å². The van der Waals surface area contributed by atoms with Crippen LogP contribution in [0.3, 0.4) is 0 Å². The van der Waals surface area contributed by atoms with Crippen LogP contribution in [-0.4, -0.2) is 49.6 Å². The number of hydrogen-bond donors (Lipinski definition) is 0. The average molecular weight is 379 g/mol. The summed E-state index contributed by atoms with van der Waals surface area (Å²) in [6.45, 7) is 3.58. The molecule has 2 atom stereocenters. The number of ether oxygens (including phenoxy) is 1. The summed E-state index contributed by atoms with van der Waals surface area (Å²) in [4.78, 5) is 27.4. The smallest absolute Gasteiger partial charge is 0.251 e. The van der Waals surface area contributed by atoms with Gasteiger partial charge in [-0.15, -0.1) is 5.10 Å². The highest BCUT2D eigenvalue weighted by atomic mass is 16.5. The standard InChI is InChI=1S/C20H21N5O3/c1-13-8-19(26)24(16-5-3-2-4-15(13)16)11-20(27)23-7-6-18-17(10-23)25-14(12-28-18)9-21-22-25/h2-5,8-9,17-18H,6-7,10-12H2,1H3/t17-,18-/m1/s1. The summed E-state index contributed by atoms with van der Waals surface area (Å²) in [6.07, 6.45) is 2.50. The van der Waals surface area contributed by atoms with Crippen molar-refractivity contribution in [2.75, 3.05) is 13.1 Å². The third-order valence-corrected chi connectivity index (χ3v) is 5.80. The molecule has 1 fully saturated rings. The van der Waals surface area contributed by atoms with Gasteiger partial charge < -0.3 is 9.64 Å². The lowest BCUT2D eigenvalue weighted by atomic mass is 10.0. The van der Waals surface area contributed by atoms with Gasteiger partial charge in [-0.3, -0.25) is 14.2 Å². The Morgan fingerprint density at radius 2 is 2.18 bits per heavy atom. The molecular formula is C20H21N5O3. The van der Waals surface area contributed by atoms with Crippen LogP contribution in [0.1, 0.15) is 23.7 Å². The molecule has 5 rings (SSSR count). The van der Waals surface area contributed by atoms with Gasteiger partial charge in [0.15, 0.2) is 0 Å². The first kappa shape index (κ1) is 17.1. The zero-order valence-electron chi connectivity index (χ0n) is 15.6. The quantitative estimate of drug-likeness (QED) is 0.670. The normalized spacial score (nSPS) is 21.4. The van der Waals surface area contributed by atoms with Gasteiger partial charge in [0.2, 0.25) is 5.91 Å². The summed E-state index contributed by atoms with van der Waals surface area (Å²) >= 11 is 0. The van der Waals surface area contributed by atoms with Crippen LogP contribution in [-0.2, 0) is 22.7 Å². The molecule has 4 heterocycles. The lowest BCUT2D eigenvalue weighted by Gasteiger charge is -2.41. The second-order valence-corrected chi connectivity index (χ2v) is 7.48. The van der Waals surface area contributed by atoms with Crippen molar-refractivity contribution in [1.82, 2.24) is 24.5 Å². The predicted molar refractivity (Wildman–Crippen MR) is 102 cm³/mol. The predicted octanol–water partition coefficient (Wildman–Crippen LogP) is 1.27. The van der Waals surface area contributed by atoms with E-state index in [1.165, 1.54) is 0 Å². The maximum atomic E-state index is 13.1. The summed E-state index contributed by atoms with van der Waals surface area (Å²) in [5, 5.41) is 9.14. The van der Waals surface area contributed by atoms with Crippen molar-refractivity contribution in [3.63, 3.8) is 0 Å². The van der Waals surface area contributed by atoms with E-state index in [2.05, 4.69) is 10.3 Å². The molecule has 1 aromatic carbocycles. The summed E-state index contributed by atoms with van der Waals surface area (Å²) < 4.78 is 9.35. The first-order valence-electron chi connectivity index (χ1n) is 9.49. The molecule has 0 N–H and O–H groups in total. The fraction of sp³-hybridized carbons (Fsp3) is 0.400. The number of benzene rings is 1. The van der Waals surface area contributed by atoms with Gasteiger partial charge in [0, 0.05) is 24.5 Å². The highest BCUT2D eigenvalue weighted by Gasteiger charge is 2.37. The second kappa shape index (κ2) is 6.56. The van der Waals surface area contributed by atoms with Crippen LogP contribution in [0.25, 0.3) is 10.9 Å². The average Bonchev–Trinajstić information content (AvgIpc) is 3.20. The molecule has 3 aromatic rings. The number of amides is 1. The molecule has 1 amide bonds. The van der Waals surface area contributed by atoms with E-state index in [4.69, 9.17) is 4.74 Å². The van der Waals surface area contributed by atoms with Crippen LogP contribution < -0.4 is 5.56 Å². The van der Waals surface area contributed by atoms with Gasteiger partial charge in [-0.05, 0) is 25.0 Å². The van der Waals surface area contributed by atoms with Crippen molar-refractivity contribution in [1.29, 1.82) is 0 Å². The Hall–Kier alpha value is -3.00. The maximum absolute atomic E-state index is 13.1. The summed E-state index contributed by atoms with van der Waals surface area (Å²) in [5.74, 6) is -0.0678. The number of aryl methyl sites for hydroxylation is 1. The van der Waals surface area contributed by atoms with Crippen LogP contribution in [0.15, 0.2) is 41.3 Å². The molecule has 8 heteroatoms. The van der Waals surface area contributed by atoms with Gasteiger partial charge in [0.25, 0.3) is 5.56 Å². The Morgan fingerprint density at radius 3 is 3.07 bits per heavy atom. The molecule has 0 saturated carbocycles. The number of carbonyl (C=O) groups is 1. The number of piperidine rings is 1. The summed E-state index contributed by atoms with van der Waals surface area (Å²) in [6, 6.07) is 9.26. The zero-order chi connectivity index (χ0) is 19.3. The SMILES string of the molecule is Cc1cc(=O)n(CC(=O)N2CC[C@H]3OCc4cnnn4[C@@H]3C2)c2ccccc12. The maximum Gasteiger partial charge on any atom is 0.251 e. The number of likely N-dealkylation sites (tertiary alicyclic amines) is 1. The lowest BCUT2D eigenvalue weighted by molar-refractivity contribution is -0.138. The zero-order valence-corrected chi connectivity index (χ0v) is 15.6. The van der Waals surface area contributed by atoms with Gasteiger partial charge in [0.1, 0.15) is 6.54 Å². The van der Waals surface area contributed by atoms with Gasteiger partial charge >= 0.3 is 0 Å². The molecule has 0 unspecified atom stereocenters. The number of pyridine rings is 1. The Morgan fingerprint density at radius 1 is 1.32 bits per heavy atom. The first-order valence-corrected chi connectivity index (χ1v) is 9.49. The van der Waals surface area contributed by atoms with E-state index in [1.807, 2.05) is 40.8 Å². The van der Waals surface area contributed by atoms with E-state index < -0.39 is 0 Å². The minimum atomic E-state index is -0.154. The number of fused-ring (bicyclic) bond motifs is 4. The molecule has 2 aromatic heterocycles. The van der Waals surface area contributed by atoms with Crippen molar-refractivity contribution in [2.24, 2.45) is 0 Å². The number of aromatic nitrogens is 4. The topological polar surface area (TPSA) is 82.2 Å². The molecule has 28 heavy (non-hydrogen) atoms. The number of carbonyl (C=O) groups excluding carboxylic acids is 1. The molecule has 2 aliphatic heterocycles. The van der Waals surface area contributed by atoms with Crippen LogP contribution in [0, 0.1) is 6.92 Å². The molecule has 0 aliphatic carbocycles. The van der Waals surface area contributed by atoms with E-state index in [9.17, 15) is 9.59 Å². The molecule has 0 radical (unpaired) electrons. The fourth-order valence-electron chi connectivity index (χ4n) is 4.31. The van der Waals surface area contributed by atoms with Crippen LogP contribution in [0.5, 0.6) is 0 Å². The van der Waals surface area contributed by atoms with Crippen LogP contribution in [0.4, 0.5) is 0 Å². The number of para-hydroxylation sites is 1. The number of nitrogens with zero attached hydrogens (tertiary/aromatic N) is 5. The van der Waals surface area contributed by atoms with Crippen molar-refractivity contribution < 1.29 is 9.53 Å². The molecule has 8 nitrogen and oxygen atoms in total. The van der Waals surface area contributed by atoms with Crippen molar-refractivity contribution in [3.8, 4) is 0 Å². The third-order valence-electron chi connectivity index (χ3n) is 5.80. The van der Waals surface area contributed by atoms with Gasteiger partial charge in [-0.1, -0.05) is 23.4 Å². The Kier molecular flexibility index (Phi) is 4.01. The van der Waals surface area contributed by atoms with E-state index in [0.29, 0.717) is 19.7 Å². The van der Waals surface area contributed by atoms with Crippen molar-refractivity contribution in [3.05, 3.63) is 58.1 Å². The van der Waals surface area contributed by atoms with Crippen LogP contribution in [0.2, 0.25) is 0 Å². The van der Waals surface area contributed by atoms with E-state index in [-0.39, 0.29) is 30.2 Å². The van der Waals surface area contributed by atoms with Gasteiger partial charge in [-0.2, -0.15) is 0 Å². The molecule has 2 aliphatic rings. The van der Waals surface area contributed by atoms with Gasteiger partial charge in [0.05, 0.1) is 36.2 Å². The van der Waals surface area contributed by atoms with Crippen LogP contribution >= 0.6 is 0 Å². The Labute approximate surface area is 161 Å². The molecule has 144 valence electrons. The molecule has 1 saturated heterocycles. The van der Waals surface area contributed by atoms with E-state index >= 15 is 0 Å². The number of rotatable bonds is 2. The minimum Gasteiger partial charge on any atom is -0.370 e. The Bertz CT molecular complexity index is 1120. The van der Waals surface area contributed by atoms with Gasteiger partial charge in [-0.25, -0.2) is 4.68 Å². The third kappa shape index (κ3) is 2.72. The summed E-state index contributed by atoms with van der Waals surface area (Å²) in [5.41, 5.74) is 2.48. The highest BCUT2D eigenvalue weighted by Crippen LogP contribution is 2.30. The monoisotopic (exact) mass is 379 g/mol. The Balaban J connectivity index is 1.42. The second-order valence-electron chi connectivity index (χ2n) is 7.48.